The van der Waals surface area contributed by atoms with E-state index >= 15 is 0 Å². The number of carbonyl (C=O) groups is 1. The number of carbonyl (C=O) groups excluding carboxylic acids is 1. The fourth-order valence-corrected chi connectivity index (χ4v) is 3.38. The monoisotopic (exact) mass is 382 g/mol. The number of anilines is 1. The van der Waals surface area contributed by atoms with Crippen molar-refractivity contribution in [1.82, 2.24) is 15.2 Å². The van der Waals surface area contributed by atoms with E-state index in [0.29, 0.717) is 15.7 Å². The van der Waals surface area contributed by atoms with Crippen LogP contribution in [0.4, 0.5) is 5.95 Å². The van der Waals surface area contributed by atoms with Crippen molar-refractivity contribution in [1.29, 1.82) is 0 Å². The van der Waals surface area contributed by atoms with E-state index in [2.05, 4.69) is 36.4 Å². The molecule has 0 aliphatic heterocycles. The van der Waals surface area contributed by atoms with E-state index in [0.717, 1.165) is 10.0 Å². The Hall–Kier alpha value is -1.70. The lowest BCUT2D eigenvalue weighted by Crippen LogP contribution is -2.11. The molecule has 2 heterocycles. The molecule has 2 aromatic heterocycles. The van der Waals surface area contributed by atoms with Crippen LogP contribution in [-0.4, -0.2) is 21.1 Å². The third-order valence-corrected chi connectivity index (χ3v) is 4.83. The van der Waals surface area contributed by atoms with Crippen LogP contribution in [0.1, 0.15) is 9.67 Å². The van der Waals surface area contributed by atoms with Crippen molar-refractivity contribution >= 4 is 50.7 Å². The second-order valence-electron chi connectivity index (χ2n) is 4.04. The topological polar surface area (TPSA) is 70.7 Å². The van der Waals surface area contributed by atoms with E-state index in [1.54, 1.807) is 6.07 Å². The number of benzene rings is 1. The maximum absolute atomic E-state index is 12.1. The van der Waals surface area contributed by atoms with Gasteiger partial charge in [0.25, 0.3) is 5.91 Å². The molecule has 3 aromatic rings. The Morgan fingerprint density at radius 2 is 2.14 bits per heavy atom. The van der Waals surface area contributed by atoms with Crippen LogP contribution in [0.2, 0.25) is 5.02 Å². The summed E-state index contributed by atoms with van der Waals surface area (Å²) in [7, 11) is 0. The van der Waals surface area contributed by atoms with E-state index in [-0.39, 0.29) is 11.9 Å². The normalized spacial score (nSPS) is 10.6. The molecule has 1 aromatic carbocycles. The van der Waals surface area contributed by atoms with Gasteiger partial charge in [-0.1, -0.05) is 23.7 Å². The molecule has 21 heavy (non-hydrogen) atoms. The standard InChI is InChI=1S/C13H8BrClN4OS/c14-8-5-6-21-10(8)12(20)17-13-16-11(18-19-13)7-3-1-2-4-9(7)15/h1-6H,(H2,16,17,18,19,20). The highest BCUT2D eigenvalue weighted by Crippen LogP contribution is 2.26. The molecule has 0 radical (unpaired) electrons. The molecule has 0 aliphatic rings. The number of nitrogens with one attached hydrogen (secondary N) is 2. The summed E-state index contributed by atoms with van der Waals surface area (Å²) in [4.78, 5) is 16.9. The number of halogens is 2. The van der Waals surface area contributed by atoms with E-state index in [9.17, 15) is 4.79 Å². The number of hydrogen-bond donors (Lipinski definition) is 2. The predicted molar refractivity (Wildman–Crippen MR) is 86.8 cm³/mol. The molecule has 0 aliphatic carbocycles. The molecule has 0 atom stereocenters. The van der Waals surface area contributed by atoms with Crippen molar-refractivity contribution in [2.75, 3.05) is 5.32 Å². The molecule has 106 valence electrons. The molecule has 1 amide bonds. The lowest BCUT2D eigenvalue weighted by Gasteiger charge is -1.99. The molecule has 0 saturated heterocycles. The van der Waals surface area contributed by atoms with Crippen LogP contribution in [0.25, 0.3) is 11.4 Å². The number of aromatic amines is 1. The van der Waals surface area contributed by atoms with Crippen LogP contribution in [0.5, 0.6) is 0 Å². The SMILES string of the molecule is O=C(Nc1n[nH]c(-c2ccccc2Cl)n1)c1sccc1Br. The fourth-order valence-electron chi connectivity index (χ4n) is 1.71. The van der Waals surface area contributed by atoms with Crippen molar-refractivity contribution in [2.45, 2.75) is 0 Å². The number of rotatable bonds is 3. The zero-order valence-electron chi connectivity index (χ0n) is 10.4. The quantitative estimate of drug-likeness (QED) is 0.712. The Morgan fingerprint density at radius 3 is 2.86 bits per heavy atom. The van der Waals surface area contributed by atoms with Crippen molar-refractivity contribution in [2.24, 2.45) is 0 Å². The van der Waals surface area contributed by atoms with Crippen LogP contribution >= 0.6 is 38.9 Å². The zero-order chi connectivity index (χ0) is 14.8. The average Bonchev–Trinajstić information content (AvgIpc) is 3.08. The number of thiophene rings is 1. The smallest absolute Gasteiger partial charge is 0.269 e. The van der Waals surface area contributed by atoms with Crippen LogP contribution < -0.4 is 5.32 Å². The summed E-state index contributed by atoms with van der Waals surface area (Å²) in [6.07, 6.45) is 0. The summed E-state index contributed by atoms with van der Waals surface area (Å²) in [6.45, 7) is 0. The van der Waals surface area contributed by atoms with Gasteiger partial charge in [-0.15, -0.1) is 16.4 Å². The molecule has 0 fully saturated rings. The minimum atomic E-state index is -0.262. The Labute approximate surface area is 137 Å². The second-order valence-corrected chi connectivity index (χ2v) is 6.22. The Balaban J connectivity index is 1.82. The predicted octanol–water partition coefficient (Wildman–Crippen LogP) is 4.20. The van der Waals surface area contributed by atoms with Crippen molar-refractivity contribution in [3.05, 3.63) is 50.1 Å². The third-order valence-electron chi connectivity index (χ3n) is 2.66. The summed E-state index contributed by atoms with van der Waals surface area (Å²) in [5.41, 5.74) is 0.726. The Bertz CT molecular complexity index is 801. The Kier molecular flexibility index (Phi) is 4.05. The van der Waals surface area contributed by atoms with Crippen molar-refractivity contribution in [3.63, 3.8) is 0 Å². The van der Waals surface area contributed by atoms with E-state index in [1.807, 2.05) is 29.6 Å². The van der Waals surface area contributed by atoms with Gasteiger partial charge in [-0.25, -0.2) is 0 Å². The minimum absolute atomic E-state index is 0.204. The molecule has 5 nitrogen and oxygen atoms in total. The number of amides is 1. The molecule has 8 heteroatoms. The molecule has 3 rings (SSSR count). The highest BCUT2D eigenvalue weighted by molar-refractivity contribution is 9.10. The highest BCUT2D eigenvalue weighted by Gasteiger charge is 2.15. The molecule has 2 N–H and O–H groups in total. The number of aromatic nitrogens is 3. The summed E-state index contributed by atoms with van der Waals surface area (Å²) in [5.74, 6) is 0.443. The van der Waals surface area contributed by atoms with Gasteiger partial charge in [-0.3, -0.25) is 15.2 Å². The van der Waals surface area contributed by atoms with Crippen molar-refractivity contribution in [3.8, 4) is 11.4 Å². The van der Waals surface area contributed by atoms with Crippen LogP contribution in [0.3, 0.4) is 0 Å². The lowest BCUT2D eigenvalue weighted by atomic mass is 10.2. The van der Waals surface area contributed by atoms with Crippen molar-refractivity contribution < 1.29 is 4.79 Å². The molecular formula is C13H8BrClN4OS. The summed E-state index contributed by atoms with van der Waals surface area (Å²) in [6, 6.07) is 9.08. The van der Waals surface area contributed by atoms with E-state index in [1.165, 1.54) is 11.3 Å². The first kappa shape index (κ1) is 14.2. The van der Waals surface area contributed by atoms with Gasteiger partial charge in [0.05, 0.1) is 5.02 Å². The first-order chi connectivity index (χ1) is 10.1. The van der Waals surface area contributed by atoms with Crippen LogP contribution in [0, 0.1) is 0 Å². The lowest BCUT2D eigenvalue weighted by molar-refractivity contribution is 0.102. The van der Waals surface area contributed by atoms with Gasteiger partial charge in [-0.05, 0) is 39.5 Å². The molecule has 0 bridgehead atoms. The summed E-state index contributed by atoms with van der Waals surface area (Å²) in [5, 5.41) is 11.8. The first-order valence-electron chi connectivity index (χ1n) is 5.87. The average molecular weight is 384 g/mol. The van der Waals surface area contributed by atoms with Gasteiger partial charge in [0.15, 0.2) is 5.82 Å². The third kappa shape index (κ3) is 2.99. The number of nitrogens with zero attached hydrogens (tertiary/aromatic N) is 2. The highest BCUT2D eigenvalue weighted by atomic mass is 79.9. The number of H-pyrrole nitrogens is 1. The number of hydrogen-bond acceptors (Lipinski definition) is 4. The molecule has 0 unspecified atom stereocenters. The van der Waals surface area contributed by atoms with Gasteiger partial charge in [-0.2, -0.15) is 4.98 Å². The maximum Gasteiger partial charge on any atom is 0.269 e. The summed E-state index contributed by atoms with van der Waals surface area (Å²) >= 11 is 10.7. The van der Waals surface area contributed by atoms with Gasteiger partial charge in [0.1, 0.15) is 4.88 Å². The molecular weight excluding hydrogens is 376 g/mol. The van der Waals surface area contributed by atoms with E-state index in [4.69, 9.17) is 11.6 Å². The Morgan fingerprint density at radius 1 is 1.33 bits per heavy atom. The summed E-state index contributed by atoms with van der Waals surface area (Å²) < 4.78 is 0.742. The van der Waals surface area contributed by atoms with Gasteiger partial charge < -0.3 is 0 Å². The zero-order valence-corrected chi connectivity index (χ0v) is 13.6. The molecule has 0 saturated carbocycles. The largest absolute Gasteiger partial charge is 0.288 e. The van der Waals surface area contributed by atoms with Gasteiger partial charge in [0.2, 0.25) is 5.95 Å². The first-order valence-corrected chi connectivity index (χ1v) is 7.92. The molecule has 0 spiro atoms. The second kappa shape index (κ2) is 5.97. The van der Waals surface area contributed by atoms with E-state index < -0.39 is 0 Å². The van der Waals surface area contributed by atoms with Crippen LogP contribution in [-0.2, 0) is 0 Å². The fraction of sp³-hybridized carbons (Fsp3) is 0. The van der Waals surface area contributed by atoms with Gasteiger partial charge in [0, 0.05) is 10.0 Å². The maximum atomic E-state index is 12.1. The van der Waals surface area contributed by atoms with Gasteiger partial charge >= 0.3 is 0 Å². The van der Waals surface area contributed by atoms with Crippen LogP contribution in [0.15, 0.2) is 40.2 Å². The minimum Gasteiger partial charge on any atom is -0.288 e.